The number of carboxylic acid groups (broad SMARTS) is 1. The summed E-state index contributed by atoms with van der Waals surface area (Å²) in [5, 5.41) is 8.35. The molecule has 14 heavy (non-hydrogen) atoms. The van der Waals surface area contributed by atoms with Gasteiger partial charge in [0.15, 0.2) is 5.16 Å². The number of aromatic amines is 1. The van der Waals surface area contributed by atoms with E-state index in [0.29, 0.717) is 10.9 Å². The highest BCUT2D eigenvalue weighted by Gasteiger charge is 2.13. The van der Waals surface area contributed by atoms with Crippen molar-refractivity contribution in [2.24, 2.45) is 0 Å². The van der Waals surface area contributed by atoms with Crippen molar-refractivity contribution in [3.63, 3.8) is 0 Å². The predicted molar refractivity (Wildman–Crippen MR) is 52.5 cm³/mol. The molecule has 0 aliphatic rings. The molecule has 0 amide bonds. The molecule has 1 aromatic rings. The zero-order valence-electron chi connectivity index (χ0n) is 7.77. The number of aromatic nitrogens is 2. The Balaban J connectivity index is 2.87. The summed E-state index contributed by atoms with van der Waals surface area (Å²) in [4.78, 5) is 28.0. The first-order chi connectivity index (χ1) is 6.49. The molecule has 0 fully saturated rings. The van der Waals surface area contributed by atoms with Gasteiger partial charge in [-0.2, -0.15) is 0 Å². The first kappa shape index (κ1) is 10.8. The summed E-state index contributed by atoms with van der Waals surface area (Å²) in [6.07, 6.45) is 0. The molecule has 0 bridgehead atoms. The molecule has 0 aliphatic heterocycles. The van der Waals surface area contributed by atoms with Crippen molar-refractivity contribution in [1.82, 2.24) is 9.97 Å². The Morgan fingerprint density at radius 1 is 1.71 bits per heavy atom. The lowest BCUT2D eigenvalue weighted by Crippen LogP contribution is -2.14. The Morgan fingerprint density at radius 2 is 2.36 bits per heavy atom. The number of aliphatic carboxylic acids is 1. The maximum Gasteiger partial charge on any atom is 0.316 e. The van der Waals surface area contributed by atoms with Gasteiger partial charge >= 0.3 is 5.97 Å². The van der Waals surface area contributed by atoms with Gasteiger partial charge in [0.2, 0.25) is 0 Å². The maximum atomic E-state index is 11.0. The number of nitrogens with zero attached hydrogens (tertiary/aromatic N) is 1. The number of rotatable bonds is 3. The lowest BCUT2D eigenvalue weighted by Gasteiger charge is -2.04. The molecule has 2 N–H and O–H groups in total. The van der Waals surface area contributed by atoms with E-state index in [1.54, 1.807) is 6.92 Å². The van der Waals surface area contributed by atoms with Crippen LogP contribution in [-0.2, 0) is 4.79 Å². The highest BCUT2D eigenvalue weighted by atomic mass is 32.2. The third kappa shape index (κ3) is 2.88. The zero-order chi connectivity index (χ0) is 10.7. The fourth-order valence-corrected chi connectivity index (χ4v) is 1.62. The van der Waals surface area contributed by atoms with Crippen LogP contribution in [-0.4, -0.2) is 26.3 Å². The first-order valence-corrected chi connectivity index (χ1v) is 4.84. The summed E-state index contributed by atoms with van der Waals surface area (Å²) in [7, 11) is 0. The fourth-order valence-electron chi connectivity index (χ4n) is 0.825. The number of carbonyl (C=O) groups is 1. The Morgan fingerprint density at radius 3 is 2.86 bits per heavy atom. The van der Waals surface area contributed by atoms with Gasteiger partial charge in [-0.15, -0.1) is 0 Å². The molecule has 1 aromatic heterocycles. The van der Waals surface area contributed by atoms with Crippen molar-refractivity contribution in [2.75, 3.05) is 0 Å². The van der Waals surface area contributed by atoms with Crippen molar-refractivity contribution in [3.05, 3.63) is 22.1 Å². The maximum absolute atomic E-state index is 11.0. The number of carboxylic acids is 1. The Bertz CT molecular complexity index is 402. The minimum Gasteiger partial charge on any atom is -0.480 e. The van der Waals surface area contributed by atoms with Crippen LogP contribution in [0.25, 0.3) is 0 Å². The molecule has 1 heterocycles. The van der Waals surface area contributed by atoms with Crippen molar-refractivity contribution >= 4 is 17.7 Å². The van der Waals surface area contributed by atoms with E-state index in [0.717, 1.165) is 11.8 Å². The van der Waals surface area contributed by atoms with Gasteiger partial charge < -0.3 is 10.1 Å². The van der Waals surface area contributed by atoms with Gasteiger partial charge in [-0.05, 0) is 13.8 Å². The number of H-pyrrole nitrogens is 1. The number of hydrogen-bond acceptors (Lipinski definition) is 4. The third-order valence-electron chi connectivity index (χ3n) is 1.48. The van der Waals surface area contributed by atoms with Crippen LogP contribution in [0.1, 0.15) is 12.6 Å². The molecule has 0 radical (unpaired) electrons. The van der Waals surface area contributed by atoms with Gasteiger partial charge in [-0.25, -0.2) is 4.98 Å². The van der Waals surface area contributed by atoms with E-state index in [4.69, 9.17) is 5.11 Å². The van der Waals surface area contributed by atoms with Crippen molar-refractivity contribution in [2.45, 2.75) is 24.3 Å². The summed E-state index contributed by atoms with van der Waals surface area (Å²) in [5.41, 5.74) is 0.312. The van der Waals surface area contributed by atoms with Crippen LogP contribution in [0.4, 0.5) is 0 Å². The second kappa shape index (κ2) is 4.28. The van der Waals surface area contributed by atoms with Crippen LogP contribution in [0.5, 0.6) is 0 Å². The second-order valence-electron chi connectivity index (χ2n) is 2.79. The number of nitrogens with one attached hydrogen (secondary N) is 1. The van der Waals surface area contributed by atoms with Crippen molar-refractivity contribution in [1.29, 1.82) is 0 Å². The molecule has 0 spiro atoms. The summed E-state index contributed by atoms with van der Waals surface area (Å²) >= 11 is 1.01. The van der Waals surface area contributed by atoms with E-state index in [-0.39, 0.29) is 5.56 Å². The quantitative estimate of drug-likeness (QED) is 0.570. The van der Waals surface area contributed by atoms with Crippen LogP contribution in [0, 0.1) is 6.92 Å². The minimum absolute atomic E-state index is 0.266. The summed E-state index contributed by atoms with van der Waals surface area (Å²) in [5.74, 6) is -0.931. The standard InChI is InChI=1S/C8H10N2O3S/c1-4-3-6(11)10-8(9-4)14-5(2)7(12)13/h3,5H,1-2H3,(H,12,13)(H,9,10,11)/t5-/m1/s1. The normalized spacial score (nSPS) is 12.4. The van der Waals surface area contributed by atoms with Crippen LogP contribution in [0.2, 0.25) is 0 Å². The SMILES string of the molecule is Cc1cc(=O)[nH]c(S[C@H](C)C(=O)O)n1. The lowest BCUT2D eigenvalue weighted by molar-refractivity contribution is -0.136. The topological polar surface area (TPSA) is 83.0 Å². The molecule has 76 valence electrons. The number of thioether (sulfide) groups is 1. The van der Waals surface area contributed by atoms with Gasteiger partial charge in [0.25, 0.3) is 5.56 Å². The van der Waals surface area contributed by atoms with E-state index < -0.39 is 11.2 Å². The van der Waals surface area contributed by atoms with Crippen molar-refractivity contribution in [3.8, 4) is 0 Å². The minimum atomic E-state index is -0.931. The first-order valence-electron chi connectivity index (χ1n) is 3.96. The molecule has 1 atom stereocenters. The van der Waals surface area contributed by atoms with E-state index in [9.17, 15) is 9.59 Å². The van der Waals surface area contributed by atoms with Crippen molar-refractivity contribution < 1.29 is 9.90 Å². The van der Waals surface area contributed by atoms with E-state index in [2.05, 4.69) is 9.97 Å². The van der Waals surface area contributed by atoms with Gasteiger partial charge in [-0.3, -0.25) is 9.59 Å². The molecular formula is C8H10N2O3S. The summed E-state index contributed by atoms with van der Waals surface area (Å²) < 4.78 is 0. The average molecular weight is 214 g/mol. The summed E-state index contributed by atoms with van der Waals surface area (Å²) in [6, 6.07) is 1.36. The molecule has 0 saturated heterocycles. The molecular weight excluding hydrogens is 204 g/mol. The number of aryl methyl sites for hydroxylation is 1. The number of hydrogen-bond donors (Lipinski definition) is 2. The van der Waals surface area contributed by atoms with E-state index >= 15 is 0 Å². The van der Waals surface area contributed by atoms with Crippen LogP contribution in [0.3, 0.4) is 0 Å². The third-order valence-corrected chi connectivity index (χ3v) is 2.46. The van der Waals surface area contributed by atoms with E-state index in [1.807, 2.05) is 0 Å². The molecule has 0 aromatic carbocycles. The largest absolute Gasteiger partial charge is 0.480 e. The predicted octanol–water partition coefficient (Wildman–Crippen LogP) is 0.644. The second-order valence-corrected chi connectivity index (χ2v) is 4.12. The smallest absolute Gasteiger partial charge is 0.316 e. The highest BCUT2D eigenvalue weighted by molar-refractivity contribution is 8.00. The lowest BCUT2D eigenvalue weighted by atomic mass is 10.5. The summed E-state index contributed by atoms with van der Waals surface area (Å²) in [6.45, 7) is 3.22. The van der Waals surface area contributed by atoms with Crippen LogP contribution in [0.15, 0.2) is 16.0 Å². The van der Waals surface area contributed by atoms with E-state index in [1.165, 1.54) is 13.0 Å². The van der Waals surface area contributed by atoms with Gasteiger partial charge in [0.1, 0.15) is 5.25 Å². The Hall–Kier alpha value is -1.30. The molecule has 6 heteroatoms. The Labute approximate surface area is 84.6 Å². The van der Waals surface area contributed by atoms with Gasteiger partial charge in [-0.1, -0.05) is 11.8 Å². The molecule has 0 aliphatic carbocycles. The average Bonchev–Trinajstić information content (AvgIpc) is 2.01. The van der Waals surface area contributed by atoms with Crippen LogP contribution < -0.4 is 5.56 Å². The highest BCUT2D eigenvalue weighted by Crippen LogP contribution is 2.17. The molecule has 5 nitrogen and oxygen atoms in total. The molecule has 0 saturated carbocycles. The van der Waals surface area contributed by atoms with Gasteiger partial charge in [0, 0.05) is 11.8 Å². The van der Waals surface area contributed by atoms with Crippen LogP contribution >= 0.6 is 11.8 Å². The Kier molecular flexibility index (Phi) is 3.29. The molecule has 1 rings (SSSR count). The molecule has 0 unspecified atom stereocenters. The van der Waals surface area contributed by atoms with Gasteiger partial charge in [0.05, 0.1) is 0 Å². The fraction of sp³-hybridized carbons (Fsp3) is 0.375. The zero-order valence-corrected chi connectivity index (χ0v) is 8.59. The monoisotopic (exact) mass is 214 g/mol.